The van der Waals surface area contributed by atoms with Crippen molar-refractivity contribution in [3.8, 4) is 0 Å². The molecule has 1 amide bonds. The second kappa shape index (κ2) is 4.93. The summed E-state index contributed by atoms with van der Waals surface area (Å²) in [7, 11) is 0. The molecule has 1 aromatic carbocycles. The number of fused-ring (bicyclic) bond motifs is 2. The predicted octanol–water partition coefficient (Wildman–Crippen LogP) is 4.10. The summed E-state index contributed by atoms with van der Waals surface area (Å²) in [6.45, 7) is 0. The molecule has 3 rings (SSSR count). The Morgan fingerprint density at radius 3 is 2.78 bits per heavy atom. The lowest BCUT2D eigenvalue weighted by Crippen LogP contribution is -2.20. The summed E-state index contributed by atoms with van der Waals surface area (Å²) in [6.07, 6.45) is 5.97. The fraction of sp³-hybridized carbons (Fsp3) is 0.533. The molecule has 2 nitrogen and oxygen atoms in total. The van der Waals surface area contributed by atoms with Crippen molar-refractivity contribution in [2.45, 2.75) is 32.1 Å². The molecule has 0 saturated heterocycles. The highest BCUT2D eigenvalue weighted by Crippen LogP contribution is 2.49. The van der Waals surface area contributed by atoms with Gasteiger partial charge in [-0.1, -0.05) is 30.2 Å². The molecule has 2 saturated carbocycles. The van der Waals surface area contributed by atoms with Gasteiger partial charge in [0.05, 0.1) is 10.7 Å². The van der Waals surface area contributed by atoms with Gasteiger partial charge in [-0.25, -0.2) is 0 Å². The molecular weight excluding hydrogens is 246 g/mol. The molecule has 0 heterocycles. The molecule has 0 spiro atoms. The molecule has 2 aliphatic rings. The Hall–Kier alpha value is -1.02. The molecule has 96 valence electrons. The molecule has 2 bridgehead atoms. The third-order valence-corrected chi connectivity index (χ3v) is 4.81. The summed E-state index contributed by atoms with van der Waals surface area (Å²) in [4.78, 5) is 12.0. The van der Waals surface area contributed by atoms with Gasteiger partial charge in [-0.15, -0.1) is 0 Å². The lowest BCUT2D eigenvalue weighted by molar-refractivity contribution is -0.117. The van der Waals surface area contributed by atoms with E-state index in [1.807, 2.05) is 18.2 Å². The highest BCUT2D eigenvalue weighted by molar-refractivity contribution is 6.33. The van der Waals surface area contributed by atoms with Crippen LogP contribution in [0, 0.1) is 17.8 Å². The number of hydrogen-bond acceptors (Lipinski definition) is 1. The molecule has 3 atom stereocenters. The summed E-state index contributed by atoms with van der Waals surface area (Å²) >= 11 is 6.03. The number of carbonyl (C=O) groups is 1. The van der Waals surface area contributed by atoms with Crippen LogP contribution in [0.1, 0.15) is 32.1 Å². The molecule has 0 radical (unpaired) electrons. The van der Waals surface area contributed by atoms with Gasteiger partial charge in [0.15, 0.2) is 0 Å². The van der Waals surface area contributed by atoms with Gasteiger partial charge in [0, 0.05) is 6.42 Å². The number of rotatable bonds is 3. The molecule has 0 aliphatic heterocycles. The lowest BCUT2D eigenvalue weighted by Gasteiger charge is -2.21. The smallest absolute Gasteiger partial charge is 0.224 e. The first-order valence-corrected chi connectivity index (χ1v) is 7.14. The van der Waals surface area contributed by atoms with Crippen LogP contribution < -0.4 is 5.32 Å². The maximum absolute atomic E-state index is 12.0. The number of benzene rings is 1. The average molecular weight is 264 g/mol. The first kappa shape index (κ1) is 12.0. The second-order valence-corrected chi connectivity index (χ2v) is 6.07. The number of amides is 1. The summed E-state index contributed by atoms with van der Waals surface area (Å²) in [5.74, 6) is 2.41. The first-order chi connectivity index (χ1) is 8.72. The average Bonchev–Trinajstić information content (AvgIpc) is 2.94. The molecular formula is C15H18ClNO. The normalized spacial score (nSPS) is 29.5. The molecule has 18 heavy (non-hydrogen) atoms. The maximum atomic E-state index is 12.0. The molecule has 2 aliphatic carbocycles. The number of nitrogens with one attached hydrogen (secondary N) is 1. The Bertz CT molecular complexity index is 460. The molecule has 3 heteroatoms. The zero-order chi connectivity index (χ0) is 12.5. The lowest BCUT2D eigenvalue weighted by atomic mass is 9.86. The van der Waals surface area contributed by atoms with Gasteiger partial charge in [-0.3, -0.25) is 4.79 Å². The minimum atomic E-state index is 0.112. The van der Waals surface area contributed by atoms with Gasteiger partial charge in [0.25, 0.3) is 0 Å². The standard InChI is InChI=1S/C15H18ClNO/c16-13-3-1-2-4-14(13)17-15(18)9-12-8-10-5-6-11(12)7-10/h1-4,10-12H,5-9H2,(H,17,18)/t10-,11-,12+/m1/s1. The fourth-order valence-corrected chi connectivity index (χ4v) is 3.81. The summed E-state index contributed by atoms with van der Waals surface area (Å²) < 4.78 is 0. The second-order valence-electron chi connectivity index (χ2n) is 5.67. The van der Waals surface area contributed by atoms with Gasteiger partial charge in [0.1, 0.15) is 0 Å². The van der Waals surface area contributed by atoms with Crippen molar-refractivity contribution >= 4 is 23.2 Å². The van der Waals surface area contributed by atoms with Gasteiger partial charge >= 0.3 is 0 Å². The number of hydrogen-bond donors (Lipinski definition) is 1. The molecule has 2 fully saturated rings. The number of anilines is 1. The number of para-hydroxylation sites is 1. The van der Waals surface area contributed by atoms with E-state index in [0.717, 1.165) is 17.5 Å². The quantitative estimate of drug-likeness (QED) is 0.874. The van der Waals surface area contributed by atoms with E-state index in [1.165, 1.54) is 25.7 Å². The Morgan fingerprint density at radius 2 is 2.11 bits per heavy atom. The largest absolute Gasteiger partial charge is 0.325 e. The van der Waals surface area contributed by atoms with Crippen molar-refractivity contribution in [1.29, 1.82) is 0 Å². The monoisotopic (exact) mass is 263 g/mol. The van der Waals surface area contributed by atoms with Crippen LogP contribution in [0.3, 0.4) is 0 Å². The summed E-state index contributed by atoms with van der Waals surface area (Å²) in [5.41, 5.74) is 0.729. The van der Waals surface area contributed by atoms with Crippen molar-refractivity contribution in [3.63, 3.8) is 0 Å². The Balaban J connectivity index is 1.58. The molecule has 1 N–H and O–H groups in total. The Morgan fingerprint density at radius 1 is 1.28 bits per heavy atom. The van der Waals surface area contributed by atoms with Gasteiger partial charge < -0.3 is 5.32 Å². The molecule has 0 aromatic heterocycles. The van der Waals surface area contributed by atoms with E-state index in [1.54, 1.807) is 6.07 Å². The predicted molar refractivity (Wildman–Crippen MR) is 73.6 cm³/mol. The van der Waals surface area contributed by atoms with Crippen molar-refractivity contribution < 1.29 is 4.79 Å². The van der Waals surface area contributed by atoms with Gasteiger partial charge in [-0.05, 0) is 49.1 Å². The van der Waals surface area contributed by atoms with Gasteiger partial charge in [-0.2, -0.15) is 0 Å². The van der Waals surface area contributed by atoms with Crippen LogP contribution in [0.15, 0.2) is 24.3 Å². The van der Waals surface area contributed by atoms with Crippen LogP contribution in [-0.4, -0.2) is 5.91 Å². The van der Waals surface area contributed by atoms with E-state index >= 15 is 0 Å². The van der Waals surface area contributed by atoms with E-state index in [4.69, 9.17) is 11.6 Å². The summed E-state index contributed by atoms with van der Waals surface area (Å²) in [6, 6.07) is 7.41. The Labute approximate surface area is 113 Å². The van der Waals surface area contributed by atoms with E-state index in [0.29, 0.717) is 17.4 Å². The minimum absolute atomic E-state index is 0.112. The van der Waals surface area contributed by atoms with E-state index in [-0.39, 0.29) is 5.91 Å². The van der Waals surface area contributed by atoms with Crippen molar-refractivity contribution in [2.24, 2.45) is 17.8 Å². The zero-order valence-electron chi connectivity index (χ0n) is 10.4. The third-order valence-electron chi connectivity index (χ3n) is 4.48. The zero-order valence-corrected chi connectivity index (χ0v) is 11.1. The van der Waals surface area contributed by atoms with Crippen molar-refractivity contribution in [3.05, 3.63) is 29.3 Å². The molecule has 1 aromatic rings. The summed E-state index contributed by atoms with van der Waals surface area (Å²) in [5, 5.41) is 3.54. The number of carbonyl (C=O) groups excluding carboxylic acids is 1. The van der Waals surface area contributed by atoms with Crippen LogP contribution in [0.2, 0.25) is 5.02 Å². The van der Waals surface area contributed by atoms with Crippen molar-refractivity contribution in [1.82, 2.24) is 0 Å². The first-order valence-electron chi connectivity index (χ1n) is 6.77. The van der Waals surface area contributed by atoms with Crippen LogP contribution >= 0.6 is 11.6 Å². The maximum Gasteiger partial charge on any atom is 0.224 e. The van der Waals surface area contributed by atoms with E-state index < -0.39 is 0 Å². The number of halogens is 1. The molecule has 0 unspecified atom stereocenters. The minimum Gasteiger partial charge on any atom is -0.325 e. The highest BCUT2D eigenvalue weighted by atomic mass is 35.5. The van der Waals surface area contributed by atoms with Crippen molar-refractivity contribution in [2.75, 3.05) is 5.32 Å². The fourth-order valence-electron chi connectivity index (χ4n) is 3.63. The van der Waals surface area contributed by atoms with E-state index in [2.05, 4.69) is 5.32 Å². The topological polar surface area (TPSA) is 29.1 Å². The van der Waals surface area contributed by atoms with Crippen LogP contribution in [-0.2, 0) is 4.79 Å². The van der Waals surface area contributed by atoms with Crippen LogP contribution in [0.5, 0.6) is 0 Å². The van der Waals surface area contributed by atoms with Crippen LogP contribution in [0.4, 0.5) is 5.69 Å². The van der Waals surface area contributed by atoms with E-state index in [9.17, 15) is 4.79 Å². The Kier molecular flexibility index (Phi) is 3.29. The SMILES string of the molecule is O=C(C[C@@H]1C[C@@H]2CC[C@@H]1C2)Nc1ccccc1Cl. The third kappa shape index (κ3) is 2.39. The highest BCUT2D eigenvalue weighted by Gasteiger charge is 2.40. The van der Waals surface area contributed by atoms with Crippen LogP contribution in [0.25, 0.3) is 0 Å². The van der Waals surface area contributed by atoms with Gasteiger partial charge in [0.2, 0.25) is 5.91 Å².